The summed E-state index contributed by atoms with van der Waals surface area (Å²) in [5.41, 5.74) is 1.44. The van der Waals surface area contributed by atoms with Crippen LogP contribution in [0.2, 0.25) is 0 Å². The Bertz CT molecular complexity index is 619. The monoisotopic (exact) mass is 317 g/mol. The average Bonchev–Trinajstić information content (AvgIpc) is 2.99. The topological polar surface area (TPSA) is 47.6 Å². The highest BCUT2D eigenvalue weighted by Crippen LogP contribution is 2.23. The smallest absolute Gasteiger partial charge is 0.324 e. The molecule has 3 rings (SSSR count). The fourth-order valence-electron chi connectivity index (χ4n) is 3.22. The van der Waals surface area contributed by atoms with Crippen molar-refractivity contribution in [2.45, 2.75) is 25.8 Å². The Balaban J connectivity index is 1.48. The van der Waals surface area contributed by atoms with Crippen molar-refractivity contribution in [3.8, 4) is 0 Å². The highest BCUT2D eigenvalue weighted by molar-refractivity contribution is 7.15. The van der Waals surface area contributed by atoms with Gasteiger partial charge in [0.25, 0.3) is 0 Å². The van der Waals surface area contributed by atoms with Crippen molar-refractivity contribution in [2.75, 3.05) is 13.1 Å². The molecule has 0 bridgehead atoms. The SMILES string of the molecule is O=[N+]([O-])c1ccc(C[NH+]2CCC(Cc3ccccc3)CC2)s1. The zero-order valence-corrected chi connectivity index (χ0v) is 13.3. The van der Waals surface area contributed by atoms with E-state index in [0.29, 0.717) is 0 Å². The van der Waals surface area contributed by atoms with Crippen LogP contribution in [0.25, 0.3) is 0 Å². The Hall–Kier alpha value is -1.72. The molecule has 0 spiro atoms. The van der Waals surface area contributed by atoms with Crippen LogP contribution in [0.5, 0.6) is 0 Å². The summed E-state index contributed by atoms with van der Waals surface area (Å²) in [6.45, 7) is 3.27. The van der Waals surface area contributed by atoms with Gasteiger partial charge in [-0.05, 0) is 36.8 Å². The van der Waals surface area contributed by atoms with Gasteiger partial charge in [-0.1, -0.05) is 41.7 Å². The lowest BCUT2D eigenvalue weighted by Crippen LogP contribution is -3.11. The van der Waals surface area contributed by atoms with Gasteiger partial charge in [0.15, 0.2) is 0 Å². The van der Waals surface area contributed by atoms with Crippen LogP contribution < -0.4 is 4.90 Å². The number of hydrogen-bond acceptors (Lipinski definition) is 3. The third kappa shape index (κ3) is 3.93. The number of nitrogens with zero attached hydrogens (tertiary/aromatic N) is 1. The van der Waals surface area contributed by atoms with E-state index in [4.69, 9.17) is 0 Å². The maximum atomic E-state index is 10.7. The van der Waals surface area contributed by atoms with Gasteiger partial charge >= 0.3 is 5.00 Å². The maximum absolute atomic E-state index is 10.7. The minimum atomic E-state index is -0.296. The van der Waals surface area contributed by atoms with Crippen LogP contribution in [0.15, 0.2) is 42.5 Å². The highest BCUT2D eigenvalue weighted by Gasteiger charge is 2.23. The van der Waals surface area contributed by atoms with Gasteiger partial charge in [-0.25, -0.2) is 0 Å². The lowest BCUT2D eigenvalue weighted by atomic mass is 9.90. The van der Waals surface area contributed by atoms with Crippen molar-refractivity contribution in [3.05, 3.63) is 63.0 Å². The van der Waals surface area contributed by atoms with Crippen LogP contribution in [-0.4, -0.2) is 18.0 Å². The van der Waals surface area contributed by atoms with Gasteiger partial charge in [-0.3, -0.25) is 10.1 Å². The van der Waals surface area contributed by atoms with Crippen molar-refractivity contribution in [3.63, 3.8) is 0 Å². The van der Waals surface area contributed by atoms with Gasteiger partial charge in [-0.15, -0.1) is 0 Å². The number of benzene rings is 1. The van der Waals surface area contributed by atoms with Gasteiger partial charge in [0.1, 0.15) is 6.54 Å². The standard InChI is InChI=1S/C17H20N2O2S/c20-19(21)17-7-6-16(22-17)13-18-10-8-15(9-11-18)12-14-4-2-1-3-5-14/h1-7,15H,8-13H2/p+1. The molecule has 0 atom stereocenters. The highest BCUT2D eigenvalue weighted by atomic mass is 32.1. The maximum Gasteiger partial charge on any atom is 0.324 e. The van der Waals surface area contributed by atoms with E-state index in [1.165, 1.54) is 49.3 Å². The second-order valence-electron chi connectivity index (χ2n) is 6.06. The first-order chi connectivity index (χ1) is 10.7. The Morgan fingerprint density at radius 3 is 2.50 bits per heavy atom. The average molecular weight is 317 g/mol. The predicted molar refractivity (Wildman–Crippen MR) is 88.2 cm³/mol. The lowest BCUT2D eigenvalue weighted by Gasteiger charge is -2.29. The van der Waals surface area contributed by atoms with Crippen LogP contribution in [0, 0.1) is 16.0 Å². The van der Waals surface area contributed by atoms with Crippen molar-refractivity contribution >= 4 is 16.3 Å². The number of piperidine rings is 1. The number of hydrogen-bond donors (Lipinski definition) is 1. The van der Waals surface area contributed by atoms with Gasteiger partial charge in [0.05, 0.1) is 22.9 Å². The number of likely N-dealkylation sites (tertiary alicyclic amines) is 1. The summed E-state index contributed by atoms with van der Waals surface area (Å²) in [6, 6.07) is 14.2. The number of rotatable bonds is 5. The normalized spacial score (nSPS) is 21.6. The first-order valence-electron chi connectivity index (χ1n) is 7.81. The van der Waals surface area contributed by atoms with Crippen molar-refractivity contribution in [1.82, 2.24) is 0 Å². The van der Waals surface area contributed by atoms with Crippen LogP contribution in [0.3, 0.4) is 0 Å². The molecule has 22 heavy (non-hydrogen) atoms. The van der Waals surface area contributed by atoms with Crippen molar-refractivity contribution in [2.24, 2.45) is 5.92 Å². The van der Waals surface area contributed by atoms with E-state index >= 15 is 0 Å². The van der Waals surface area contributed by atoms with Crippen molar-refractivity contribution in [1.29, 1.82) is 0 Å². The van der Waals surface area contributed by atoms with Gasteiger partial charge < -0.3 is 4.90 Å². The second-order valence-corrected chi connectivity index (χ2v) is 7.20. The van der Waals surface area contributed by atoms with Gasteiger partial charge in [0, 0.05) is 6.07 Å². The summed E-state index contributed by atoms with van der Waals surface area (Å²) >= 11 is 1.32. The molecule has 0 amide bonds. The third-order valence-corrected chi connectivity index (χ3v) is 5.47. The fraction of sp³-hybridized carbons (Fsp3) is 0.412. The van der Waals surface area contributed by atoms with E-state index in [2.05, 4.69) is 30.3 Å². The van der Waals surface area contributed by atoms with E-state index in [1.807, 2.05) is 6.07 Å². The Kier molecular flexibility index (Phi) is 4.85. The molecule has 0 unspecified atom stereocenters. The molecule has 1 aliphatic rings. The fourth-order valence-corrected chi connectivity index (χ4v) is 4.11. The minimum Gasteiger partial charge on any atom is -0.330 e. The van der Waals surface area contributed by atoms with Crippen LogP contribution in [-0.2, 0) is 13.0 Å². The molecule has 2 heterocycles. The number of nitrogens with one attached hydrogen (secondary N) is 1. The van der Waals surface area contributed by atoms with Gasteiger partial charge in [0.2, 0.25) is 0 Å². The van der Waals surface area contributed by atoms with E-state index in [9.17, 15) is 10.1 Å². The summed E-state index contributed by atoms with van der Waals surface area (Å²) in [6.07, 6.45) is 3.67. The lowest BCUT2D eigenvalue weighted by molar-refractivity contribution is -0.919. The number of nitro groups is 1. The van der Waals surface area contributed by atoms with E-state index < -0.39 is 0 Å². The molecule has 0 aliphatic carbocycles. The first kappa shape index (κ1) is 15.2. The second kappa shape index (κ2) is 7.03. The van der Waals surface area contributed by atoms with E-state index in [1.54, 1.807) is 11.0 Å². The van der Waals surface area contributed by atoms with Crippen molar-refractivity contribution < 1.29 is 9.82 Å². The Morgan fingerprint density at radius 1 is 1.14 bits per heavy atom. The van der Waals surface area contributed by atoms with Crippen LogP contribution in [0.4, 0.5) is 5.00 Å². The summed E-state index contributed by atoms with van der Waals surface area (Å²) in [5.74, 6) is 0.781. The summed E-state index contributed by atoms with van der Waals surface area (Å²) in [5, 5.41) is 11.0. The molecule has 116 valence electrons. The molecule has 1 fully saturated rings. The van der Waals surface area contributed by atoms with Crippen LogP contribution in [0.1, 0.15) is 23.3 Å². The number of thiophene rings is 1. The van der Waals surface area contributed by atoms with E-state index in [0.717, 1.165) is 17.3 Å². The minimum absolute atomic E-state index is 0.258. The quantitative estimate of drug-likeness (QED) is 0.681. The molecule has 1 N–H and O–H groups in total. The first-order valence-corrected chi connectivity index (χ1v) is 8.63. The molecule has 5 heteroatoms. The molecular formula is C17H21N2O2S+. The molecule has 4 nitrogen and oxygen atoms in total. The van der Waals surface area contributed by atoms with Crippen LogP contribution >= 0.6 is 11.3 Å². The third-order valence-electron chi connectivity index (χ3n) is 4.43. The van der Waals surface area contributed by atoms with E-state index in [-0.39, 0.29) is 9.92 Å². The molecule has 0 radical (unpaired) electrons. The number of quaternary nitrogens is 1. The molecule has 1 aromatic heterocycles. The molecule has 2 aromatic rings. The summed E-state index contributed by atoms with van der Waals surface area (Å²) < 4.78 is 0. The largest absolute Gasteiger partial charge is 0.330 e. The van der Waals surface area contributed by atoms with Gasteiger partial charge in [-0.2, -0.15) is 0 Å². The zero-order chi connectivity index (χ0) is 15.4. The molecule has 1 aromatic carbocycles. The Morgan fingerprint density at radius 2 is 1.86 bits per heavy atom. The molecular weight excluding hydrogens is 296 g/mol. The molecule has 1 saturated heterocycles. The predicted octanol–water partition coefficient (Wildman–Crippen LogP) is 2.69. The molecule has 1 aliphatic heterocycles. The molecule has 0 saturated carbocycles. The summed E-state index contributed by atoms with van der Waals surface area (Å²) in [7, 11) is 0. The zero-order valence-electron chi connectivity index (χ0n) is 12.5. The summed E-state index contributed by atoms with van der Waals surface area (Å²) in [4.78, 5) is 13.1. The Labute approximate surface area is 134 Å².